The fraction of sp³-hybridized carbons (Fsp3) is 0.364. The Morgan fingerprint density at radius 1 is 1.04 bits per heavy atom. The Labute approximate surface area is 168 Å². The Bertz CT molecular complexity index is 909. The SMILES string of the molecule is COc1ccc(C)c2c1N[C@@H](c1cc(Br)c(OC)c(OC)c1)[C@H]1CC=C[C@@H]21. The zero-order chi connectivity index (χ0) is 19.1. The van der Waals surface area contributed by atoms with Crippen LogP contribution in [0.5, 0.6) is 17.2 Å². The number of hydrogen-bond acceptors (Lipinski definition) is 4. The van der Waals surface area contributed by atoms with Crippen molar-refractivity contribution in [1.82, 2.24) is 0 Å². The molecule has 1 N–H and O–H groups in total. The van der Waals surface area contributed by atoms with Gasteiger partial charge in [-0.2, -0.15) is 0 Å². The van der Waals surface area contributed by atoms with E-state index in [1.807, 2.05) is 6.07 Å². The second-order valence-corrected chi connectivity index (χ2v) is 7.94. The number of allylic oxidation sites excluding steroid dienone is 2. The normalized spacial score (nSPS) is 22.6. The molecule has 0 spiro atoms. The zero-order valence-corrected chi connectivity index (χ0v) is 17.6. The van der Waals surface area contributed by atoms with E-state index in [0.29, 0.717) is 17.6 Å². The van der Waals surface area contributed by atoms with E-state index in [1.165, 1.54) is 16.7 Å². The summed E-state index contributed by atoms with van der Waals surface area (Å²) in [7, 11) is 5.05. The molecule has 0 unspecified atom stereocenters. The van der Waals surface area contributed by atoms with Crippen LogP contribution < -0.4 is 19.5 Å². The van der Waals surface area contributed by atoms with Gasteiger partial charge in [-0.15, -0.1) is 0 Å². The van der Waals surface area contributed by atoms with Gasteiger partial charge < -0.3 is 19.5 Å². The first-order valence-electron chi connectivity index (χ1n) is 9.11. The van der Waals surface area contributed by atoms with Crippen LogP contribution in [0.3, 0.4) is 0 Å². The predicted octanol–water partition coefficient (Wildman–Crippen LogP) is 5.61. The van der Waals surface area contributed by atoms with E-state index in [1.54, 1.807) is 21.3 Å². The second kappa shape index (κ2) is 7.12. The van der Waals surface area contributed by atoms with E-state index in [-0.39, 0.29) is 6.04 Å². The summed E-state index contributed by atoms with van der Waals surface area (Å²) in [4.78, 5) is 0. The third-order valence-corrected chi connectivity index (χ3v) is 6.32. The van der Waals surface area contributed by atoms with E-state index in [4.69, 9.17) is 14.2 Å². The number of anilines is 1. The van der Waals surface area contributed by atoms with Crippen LogP contribution in [0.1, 0.15) is 35.1 Å². The second-order valence-electron chi connectivity index (χ2n) is 7.09. The molecule has 0 fully saturated rings. The van der Waals surface area contributed by atoms with E-state index in [0.717, 1.165) is 28.1 Å². The number of nitrogens with one attached hydrogen (secondary N) is 1. The van der Waals surface area contributed by atoms with Crippen LogP contribution in [0.2, 0.25) is 0 Å². The fourth-order valence-electron chi connectivity index (χ4n) is 4.49. The Balaban J connectivity index is 1.85. The summed E-state index contributed by atoms with van der Waals surface area (Å²) in [5.41, 5.74) is 4.92. The van der Waals surface area contributed by atoms with Crippen molar-refractivity contribution in [3.8, 4) is 17.2 Å². The minimum atomic E-state index is 0.157. The first kappa shape index (κ1) is 18.2. The quantitative estimate of drug-likeness (QED) is 0.641. The van der Waals surface area contributed by atoms with Crippen molar-refractivity contribution < 1.29 is 14.2 Å². The van der Waals surface area contributed by atoms with E-state index in [2.05, 4.69) is 58.5 Å². The lowest BCUT2D eigenvalue weighted by Crippen LogP contribution is -2.30. The average Bonchev–Trinajstić information content (AvgIpc) is 3.16. The molecular weight excluding hydrogens is 406 g/mol. The minimum absolute atomic E-state index is 0.157. The maximum atomic E-state index is 5.66. The number of fused-ring (bicyclic) bond motifs is 3. The molecule has 1 aliphatic carbocycles. The molecule has 27 heavy (non-hydrogen) atoms. The van der Waals surface area contributed by atoms with Crippen molar-refractivity contribution in [3.63, 3.8) is 0 Å². The topological polar surface area (TPSA) is 39.7 Å². The Morgan fingerprint density at radius 2 is 1.81 bits per heavy atom. The van der Waals surface area contributed by atoms with Gasteiger partial charge in [-0.25, -0.2) is 0 Å². The monoisotopic (exact) mass is 429 g/mol. The largest absolute Gasteiger partial charge is 0.495 e. The standard InChI is InChI=1S/C22H24BrNO3/c1-12-8-9-17(25-2)21-19(12)14-6-5-7-15(14)20(24-21)13-10-16(23)22(27-4)18(11-13)26-3/h5-6,8-11,14-15,20,24H,7H2,1-4H3/t14-,15+,20+/m1/s1. The molecule has 0 bridgehead atoms. The van der Waals surface area contributed by atoms with Gasteiger partial charge in [0.25, 0.3) is 0 Å². The van der Waals surface area contributed by atoms with E-state index < -0.39 is 0 Å². The van der Waals surface area contributed by atoms with Crippen LogP contribution in [-0.4, -0.2) is 21.3 Å². The van der Waals surface area contributed by atoms with Crippen molar-refractivity contribution in [2.45, 2.75) is 25.3 Å². The molecule has 1 aliphatic heterocycles. The molecule has 3 atom stereocenters. The van der Waals surface area contributed by atoms with Crippen LogP contribution in [0.4, 0.5) is 5.69 Å². The number of benzene rings is 2. The summed E-state index contributed by atoms with van der Waals surface area (Å²) in [5, 5.41) is 3.78. The minimum Gasteiger partial charge on any atom is -0.495 e. The fourth-order valence-corrected chi connectivity index (χ4v) is 5.11. The molecule has 2 aliphatic rings. The van der Waals surface area contributed by atoms with Gasteiger partial charge in [-0.3, -0.25) is 0 Å². The smallest absolute Gasteiger partial charge is 0.174 e. The molecule has 1 heterocycles. The molecule has 4 rings (SSSR count). The van der Waals surface area contributed by atoms with Gasteiger partial charge in [0.2, 0.25) is 0 Å². The van der Waals surface area contributed by atoms with Gasteiger partial charge in [0.15, 0.2) is 11.5 Å². The third-order valence-electron chi connectivity index (χ3n) is 5.73. The highest BCUT2D eigenvalue weighted by molar-refractivity contribution is 9.10. The molecule has 0 aromatic heterocycles. The summed E-state index contributed by atoms with van der Waals surface area (Å²) >= 11 is 3.64. The molecular formula is C22H24BrNO3. The van der Waals surface area contributed by atoms with Gasteiger partial charge in [-0.05, 0) is 70.1 Å². The molecule has 0 saturated heterocycles. The molecule has 0 amide bonds. The number of hydrogen-bond donors (Lipinski definition) is 1. The maximum absolute atomic E-state index is 5.66. The molecule has 0 radical (unpaired) electrons. The highest BCUT2D eigenvalue weighted by atomic mass is 79.9. The summed E-state index contributed by atoms with van der Waals surface area (Å²) in [6.07, 6.45) is 5.69. The van der Waals surface area contributed by atoms with Crippen molar-refractivity contribution in [2.75, 3.05) is 26.6 Å². The molecule has 2 aromatic rings. The summed E-state index contributed by atoms with van der Waals surface area (Å²) < 4.78 is 17.6. The predicted molar refractivity (Wildman–Crippen MR) is 111 cm³/mol. The van der Waals surface area contributed by atoms with Gasteiger partial charge in [0.05, 0.1) is 37.5 Å². The lowest BCUT2D eigenvalue weighted by atomic mass is 9.75. The van der Waals surface area contributed by atoms with E-state index in [9.17, 15) is 0 Å². The number of aryl methyl sites for hydroxylation is 1. The first-order valence-corrected chi connectivity index (χ1v) is 9.90. The summed E-state index contributed by atoms with van der Waals surface area (Å²) in [5.74, 6) is 3.17. The average molecular weight is 430 g/mol. The lowest BCUT2D eigenvalue weighted by Gasteiger charge is -2.39. The van der Waals surface area contributed by atoms with E-state index >= 15 is 0 Å². The molecule has 142 valence electrons. The molecule has 5 heteroatoms. The lowest BCUT2D eigenvalue weighted by molar-refractivity contribution is 0.350. The highest BCUT2D eigenvalue weighted by Gasteiger charge is 2.40. The van der Waals surface area contributed by atoms with Gasteiger partial charge in [0, 0.05) is 5.92 Å². The van der Waals surface area contributed by atoms with Gasteiger partial charge in [-0.1, -0.05) is 18.2 Å². The Hall–Kier alpha value is -2.14. The third kappa shape index (κ3) is 2.89. The maximum Gasteiger partial charge on any atom is 0.174 e. The van der Waals surface area contributed by atoms with Crippen molar-refractivity contribution in [3.05, 3.63) is 57.6 Å². The van der Waals surface area contributed by atoms with Crippen LogP contribution in [0.25, 0.3) is 0 Å². The Morgan fingerprint density at radius 3 is 2.52 bits per heavy atom. The van der Waals surface area contributed by atoms with Crippen molar-refractivity contribution >= 4 is 21.6 Å². The van der Waals surface area contributed by atoms with Gasteiger partial charge in [0.1, 0.15) is 5.75 Å². The van der Waals surface area contributed by atoms with Crippen molar-refractivity contribution in [2.24, 2.45) is 5.92 Å². The number of rotatable bonds is 4. The van der Waals surface area contributed by atoms with Crippen LogP contribution in [-0.2, 0) is 0 Å². The highest BCUT2D eigenvalue weighted by Crippen LogP contribution is 2.54. The van der Waals surface area contributed by atoms with Crippen LogP contribution >= 0.6 is 15.9 Å². The first-order chi connectivity index (χ1) is 13.1. The number of halogens is 1. The van der Waals surface area contributed by atoms with Crippen LogP contribution in [0.15, 0.2) is 40.9 Å². The number of methoxy groups -OCH3 is 3. The molecule has 4 nitrogen and oxygen atoms in total. The molecule has 2 aromatic carbocycles. The van der Waals surface area contributed by atoms with Crippen LogP contribution in [0, 0.1) is 12.8 Å². The zero-order valence-electron chi connectivity index (χ0n) is 16.0. The van der Waals surface area contributed by atoms with Crippen molar-refractivity contribution in [1.29, 1.82) is 0 Å². The Kier molecular flexibility index (Phi) is 4.81. The summed E-state index contributed by atoms with van der Waals surface area (Å²) in [6, 6.07) is 8.55. The number of ether oxygens (including phenoxy) is 3. The molecule has 0 saturated carbocycles. The van der Waals surface area contributed by atoms with Gasteiger partial charge >= 0.3 is 0 Å². The summed E-state index contributed by atoms with van der Waals surface area (Å²) in [6.45, 7) is 2.18.